The molecule has 8 heteroatoms. The second-order valence-electron chi connectivity index (χ2n) is 7.17. The zero-order chi connectivity index (χ0) is 21.2. The van der Waals surface area contributed by atoms with E-state index >= 15 is 0 Å². The van der Waals surface area contributed by atoms with Crippen LogP contribution in [-0.2, 0) is 33.6 Å². The molecule has 0 aliphatic heterocycles. The van der Waals surface area contributed by atoms with E-state index in [1.165, 1.54) is 7.11 Å². The van der Waals surface area contributed by atoms with Crippen LogP contribution in [0.15, 0.2) is 28.7 Å². The van der Waals surface area contributed by atoms with Crippen molar-refractivity contribution < 1.29 is 23.5 Å². The highest BCUT2D eigenvalue weighted by molar-refractivity contribution is 5.84. The topological polar surface area (TPSA) is 104 Å². The zero-order valence-electron chi connectivity index (χ0n) is 17.4. The van der Waals surface area contributed by atoms with Gasteiger partial charge in [-0.05, 0) is 30.4 Å². The van der Waals surface area contributed by atoms with Crippen molar-refractivity contribution in [1.82, 2.24) is 15.5 Å². The molecular weight excluding hydrogens is 374 g/mol. The Bertz CT molecular complexity index is 803. The fourth-order valence-electron chi connectivity index (χ4n) is 2.96. The zero-order valence-corrected chi connectivity index (χ0v) is 17.4. The third kappa shape index (κ3) is 7.21. The van der Waals surface area contributed by atoms with E-state index in [2.05, 4.69) is 15.5 Å². The van der Waals surface area contributed by atoms with Crippen molar-refractivity contribution in [3.63, 3.8) is 0 Å². The van der Waals surface area contributed by atoms with E-state index in [-0.39, 0.29) is 18.2 Å². The van der Waals surface area contributed by atoms with Gasteiger partial charge in [0.05, 0.1) is 14.2 Å². The van der Waals surface area contributed by atoms with Crippen molar-refractivity contribution in [2.24, 2.45) is 5.92 Å². The minimum Gasteiger partial charge on any atom is -0.496 e. The van der Waals surface area contributed by atoms with Crippen molar-refractivity contribution in [2.75, 3.05) is 14.2 Å². The van der Waals surface area contributed by atoms with E-state index in [1.54, 1.807) is 7.11 Å². The van der Waals surface area contributed by atoms with Crippen LogP contribution in [0.25, 0.3) is 0 Å². The smallest absolute Gasteiger partial charge is 0.328 e. The molecule has 0 saturated carbocycles. The largest absolute Gasteiger partial charge is 0.496 e. The van der Waals surface area contributed by atoms with Crippen molar-refractivity contribution in [3.8, 4) is 5.75 Å². The van der Waals surface area contributed by atoms with E-state index < -0.39 is 12.0 Å². The van der Waals surface area contributed by atoms with Crippen molar-refractivity contribution >= 4 is 11.9 Å². The molecule has 0 bridgehead atoms. The summed E-state index contributed by atoms with van der Waals surface area (Å²) in [5.74, 6) is 1.29. The molecule has 1 N–H and O–H groups in total. The molecule has 1 amide bonds. The van der Waals surface area contributed by atoms with Gasteiger partial charge < -0.3 is 19.2 Å². The summed E-state index contributed by atoms with van der Waals surface area (Å²) in [6.45, 7) is 3.96. The van der Waals surface area contributed by atoms with Gasteiger partial charge in [-0.2, -0.15) is 0 Å². The molecule has 1 aromatic heterocycles. The highest BCUT2D eigenvalue weighted by Crippen LogP contribution is 2.19. The van der Waals surface area contributed by atoms with Gasteiger partial charge in [-0.15, -0.1) is 10.2 Å². The van der Waals surface area contributed by atoms with Gasteiger partial charge in [0.1, 0.15) is 11.8 Å². The summed E-state index contributed by atoms with van der Waals surface area (Å²) >= 11 is 0. The van der Waals surface area contributed by atoms with Crippen LogP contribution in [0, 0.1) is 5.92 Å². The van der Waals surface area contributed by atoms with Crippen LogP contribution in [0.5, 0.6) is 5.75 Å². The molecule has 29 heavy (non-hydrogen) atoms. The molecule has 158 valence electrons. The Morgan fingerprint density at radius 3 is 2.41 bits per heavy atom. The Kier molecular flexibility index (Phi) is 8.64. The van der Waals surface area contributed by atoms with Gasteiger partial charge in [0.15, 0.2) is 0 Å². The highest BCUT2D eigenvalue weighted by Gasteiger charge is 2.22. The Morgan fingerprint density at radius 2 is 1.76 bits per heavy atom. The molecule has 2 aromatic rings. The molecule has 2 rings (SSSR count). The quantitative estimate of drug-likeness (QED) is 0.575. The minimum absolute atomic E-state index is 0.153. The fourth-order valence-corrected chi connectivity index (χ4v) is 2.96. The minimum atomic E-state index is -0.647. The van der Waals surface area contributed by atoms with E-state index in [4.69, 9.17) is 13.9 Å². The number of aryl methyl sites for hydroxylation is 3. The van der Waals surface area contributed by atoms with Crippen LogP contribution in [0.3, 0.4) is 0 Å². The van der Waals surface area contributed by atoms with Gasteiger partial charge in [0, 0.05) is 19.3 Å². The summed E-state index contributed by atoms with van der Waals surface area (Å²) in [6.07, 6.45) is 2.27. The first-order chi connectivity index (χ1) is 13.9. The fraction of sp³-hybridized carbons (Fsp3) is 0.524. The summed E-state index contributed by atoms with van der Waals surface area (Å²) in [7, 11) is 2.95. The second kappa shape index (κ2) is 11.2. The van der Waals surface area contributed by atoms with Crippen LogP contribution >= 0.6 is 0 Å². The molecule has 1 aromatic carbocycles. The van der Waals surface area contributed by atoms with Gasteiger partial charge in [-0.3, -0.25) is 4.79 Å². The van der Waals surface area contributed by atoms with Crippen LogP contribution in [0.4, 0.5) is 0 Å². The van der Waals surface area contributed by atoms with Crippen LogP contribution in [-0.4, -0.2) is 42.3 Å². The van der Waals surface area contributed by atoms with Crippen LogP contribution in [0.2, 0.25) is 0 Å². The number of para-hydroxylation sites is 1. The maximum Gasteiger partial charge on any atom is 0.328 e. The monoisotopic (exact) mass is 403 g/mol. The Hall–Kier alpha value is -2.90. The van der Waals surface area contributed by atoms with E-state index in [1.807, 2.05) is 38.1 Å². The maximum absolute atomic E-state index is 12.2. The molecule has 0 aliphatic carbocycles. The summed E-state index contributed by atoms with van der Waals surface area (Å²) in [4.78, 5) is 24.0. The SMILES string of the molecule is COC(=O)[C@H](CC(C)C)NC(=O)CCc1nnc(CCc2ccccc2OC)o1. The summed E-state index contributed by atoms with van der Waals surface area (Å²) < 4.78 is 15.7. The molecular formula is C21H29N3O5. The number of amides is 1. The second-order valence-corrected chi connectivity index (χ2v) is 7.17. The first-order valence-corrected chi connectivity index (χ1v) is 9.73. The van der Waals surface area contributed by atoms with Gasteiger partial charge >= 0.3 is 5.97 Å². The number of nitrogens with zero attached hydrogens (tertiary/aromatic N) is 2. The number of aromatic nitrogens is 2. The lowest BCUT2D eigenvalue weighted by Gasteiger charge is -2.18. The number of ether oxygens (including phenoxy) is 2. The number of benzene rings is 1. The third-order valence-electron chi connectivity index (χ3n) is 4.40. The lowest BCUT2D eigenvalue weighted by atomic mass is 10.0. The average molecular weight is 403 g/mol. The number of carbonyl (C=O) groups is 2. The van der Waals surface area contributed by atoms with Crippen molar-refractivity contribution in [2.45, 2.75) is 52.0 Å². The maximum atomic E-state index is 12.2. The number of esters is 1. The van der Waals surface area contributed by atoms with E-state index in [0.29, 0.717) is 37.5 Å². The molecule has 0 unspecified atom stereocenters. The molecule has 0 spiro atoms. The number of methoxy groups -OCH3 is 2. The van der Waals surface area contributed by atoms with Crippen LogP contribution in [0.1, 0.15) is 44.0 Å². The molecule has 8 nitrogen and oxygen atoms in total. The lowest BCUT2D eigenvalue weighted by molar-refractivity contribution is -0.145. The average Bonchev–Trinajstić information content (AvgIpc) is 3.17. The first kappa shape index (κ1) is 22.4. The Morgan fingerprint density at radius 1 is 1.07 bits per heavy atom. The lowest BCUT2D eigenvalue weighted by Crippen LogP contribution is -2.42. The standard InChI is InChI=1S/C21H29N3O5/c1-14(2)13-16(21(26)28-4)22-18(25)10-12-20-24-23-19(29-20)11-9-15-7-5-6-8-17(15)27-3/h5-8,14,16H,9-13H2,1-4H3,(H,22,25)/t16-/m0/s1. The van der Waals surface area contributed by atoms with Crippen molar-refractivity contribution in [3.05, 3.63) is 41.6 Å². The first-order valence-electron chi connectivity index (χ1n) is 9.73. The Balaban J connectivity index is 1.83. The molecule has 0 fully saturated rings. The van der Waals surface area contributed by atoms with E-state index in [0.717, 1.165) is 11.3 Å². The molecule has 1 heterocycles. The van der Waals surface area contributed by atoms with Crippen LogP contribution < -0.4 is 10.1 Å². The molecule has 0 radical (unpaired) electrons. The van der Waals surface area contributed by atoms with Crippen molar-refractivity contribution in [1.29, 1.82) is 0 Å². The number of rotatable bonds is 11. The normalized spacial score (nSPS) is 11.9. The number of hydrogen-bond acceptors (Lipinski definition) is 7. The molecule has 0 saturated heterocycles. The predicted molar refractivity (Wildman–Crippen MR) is 106 cm³/mol. The van der Waals surface area contributed by atoms with Gasteiger partial charge in [0.25, 0.3) is 0 Å². The number of hydrogen-bond donors (Lipinski definition) is 1. The van der Waals surface area contributed by atoms with Gasteiger partial charge in [-0.1, -0.05) is 32.0 Å². The summed E-state index contributed by atoms with van der Waals surface area (Å²) in [5, 5.41) is 10.8. The molecule has 1 atom stereocenters. The highest BCUT2D eigenvalue weighted by atomic mass is 16.5. The summed E-state index contributed by atoms with van der Waals surface area (Å²) in [5.41, 5.74) is 1.06. The van der Waals surface area contributed by atoms with E-state index in [9.17, 15) is 9.59 Å². The Labute approximate surface area is 171 Å². The molecule has 0 aliphatic rings. The number of carbonyl (C=O) groups excluding carboxylic acids is 2. The van der Waals surface area contributed by atoms with Gasteiger partial charge in [-0.25, -0.2) is 4.79 Å². The summed E-state index contributed by atoms with van der Waals surface area (Å²) in [6, 6.07) is 7.14. The van der Waals surface area contributed by atoms with Gasteiger partial charge in [0.2, 0.25) is 17.7 Å². The third-order valence-corrected chi connectivity index (χ3v) is 4.40. The predicted octanol–water partition coefficient (Wildman–Crippen LogP) is 2.50. The number of nitrogens with one attached hydrogen (secondary N) is 1.